The number of nitrogens with one attached hydrogen (secondary N) is 1. The maximum Gasteiger partial charge on any atom is 0.293 e. The summed E-state index contributed by atoms with van der Waals surface area (Å²) in [5.41, 5.74) is 1.83. The standard InChI is InChI=1S/C19H18FN7O2/c1-10-16(29-11(2)22-10)18(28)23-12-5-6-15(20)14(7-12)17-24-19-21-8-13(26(3)4)9-27(19)25-17/h5-9H,1-4H3,(H,23,28). The lowest BCUT2D eigenvalue weighted by Gasteiger charge is -2.10. The summed E-state index contributed by atoms with van der Waals surface area (Å²) in [6.07, 6.45) is 3.40. The van der Waals surface area contributed by atoms with Gasteiger partial charge in [0.2, 0.25) is 5.76 Å². The van der Waals surface area contributed by atoms with Crippen LogP contribution in [0.4, 0.5) is 15.8 Å². The van der Waals surface area contributed by atoms with Crippen LogP contribution in [0, 0.1) is 19.7 Å². The monoisotopic (exact) mass is 395 g/mol. The summed E-state index contributed by atoms with van der Waals surface area (Å²) in [4.78, 5) is 26.9. The number of nitrogens with zero attached hydrogens (tertiary/aromatic N) is 6. The molecule has 3 aromatic heterocycles. The molecule has 148 valence electrons. The van der Waals surface area contributed by atoms with Gasteiger partial charge in [-0.2, -0.15) is 4.98 Å². The van der Waals surface area contributed by atoms with Crippen molar-refractivity contribution in [1.29, 1.82) is 0 Å². The van der Waals surface area contributed by atoms with Gasteiger partial charge in [-0.15, -0.1) is 5.10 Å². The topological polar surface area (TPSA) is 101 Å². The lowest BCUT2D eigenvalue weighted by atomic mass is 10.1. The fourth-order valence-electron chi connectivity index (χ4n) is 2.82. The van der Waals surface area contributed by atoms with Gasteiger partial charge in [0.05, 0.1) is 29.3 Å². The summed E-state index contributed by atoms with van der Waals surface area (Å²) in [7, 11) is 3.76. The van der Waals surface area contributed by atoms with E-state index in [1.54, 1.807) is 26.2 Å². The Balaban J connectivity index is 1.67. The molecule has 0 spiro atoms. The molecule has 4 rings (SSSR count). The normalized spacial score (nSPS) is 11.1. The molecule has 0 radical (unpaired) electrons. The van der Waals surface area contributed by atoms with Gasteiger partial charge in [-0.05, 0) is 25.1 Å². The zero-order chi connectivity index (χ0) is 20.7. The number of hydrogen-bond acceptors (Lipinski definition) is 7. The van der Waals surface area contributed by atoms with Crippen LogP contribution in [0.2, 0.25) is 0 Å². The van der Waals surface area contributed by atoms with Crippen molar-refractivity contribution in [3.8, 4) is 11.4 Å². The van der Waals surface area contributed by atoms with E-state index in [1.165, 1.54) is 22.7 Å². The third kappa shape index (κ3) is 3.51. The van der Waals surface area contributed by atoms with Crippen LogP contribution in [0.25, 0.3) is 17.2 Å². The van der Waals surface area contributed by atoms with E-state index >= 15 is 0 Å². The third-order valence-corrected chi connectivity index (χ3v) is 4.27. The number of amides is 1. The van der Waals surface area contributed by atoms with Crippen molar-refractivity contribution in [3.63, 3.8) is 0 Å². The Morgan fingerprint density at radius 3 is 2.72 bits per heavy atom. The molecule has 0 atom stereocenters. The molecule has 1 aromatic carbocycles. The molecule has 0 aliphatic heterocycles. The number of rotatable bonds is 4. The van der Waals surface area contributed by atoms with Crippen molar-refractivity contribution in [1.82, 2.24) is 24.6 Å². The molecule has 0 bridgehead atoms. The highest BCUT2D eigenvalue weighted by molar-refractivity contribution is 6.03. The second-order valence-corrected chi connectivity index (χ2v) is 6.68. The van der Waals surface area contributed by atoms with Crippen molar-refractivity contribution < 1.29 is 13.6 Å². The van der Waals surface area contributed by atoms with E-state index < -0.39 is 11.7 Å². The molecule has 0 fully saturated rings. The summed E-state index contributed by atoms with van der Waals surface area (Å²) < 4.78 is 21.3. The number of aromatic nitrogens is 5. The van der Waals surface area contributed by atoms with E-state index in [-0.39, 0.29) is 17.1 Å². The first-order valence-electron chi connectivity index (χ1n) is 8.77. The number of aryl methyl sites for hydroxylation is 2. The van der Waals surface area contributed by atoms with Crippen LogP contribution in [-0.4, -0.2) is 44.6 Å². The molecule has 0 unspecified atom stereocenters. The zero-order valence-electron chi connectivity index (χ0n) is 16.3. The van der Waals surface area contributed by atoms with E-state index in [0.717, 1.165) is 5.69 Å². The summed E-state index contributed by atoms with van der Waals surface area (Å²) >= 11 is 0. The van der Waals surface area contributed by atoms with Gasteiger partial charge >= 0.3 is 0 Å². The smallest absolute Gasteiger partial charge is 0.293 e. The fraction of sp³-hybridized carbons (Fsp3) is 0.211. The zero-order valence-corrected chi connectivity index (χ0v) is 16.3. The Hall–Kier alpha value is -3.82. The first-order chi connectivity index (χ1) is 13.8. The van der Waals surface area contributed by atoms with Crippen LogP contribution in [0.3, 0.4) is 0 Å². The average molecular weight is 395 g/mol. The molecule has 0 aliphatic carbocycles. The Morgan fingerprint density at radius 2 is 2.03 bits per heavy atom. The van der Waals surface area contributed by atoms with Crippen molar-refractivity contribution in [2.75, 3.05) is 24.3 Å². The molecule has 4 aromatic rings. The minimum atomic E-state index is -0.515. The number of oxazole rings is 1. The summed E-state index contributed by atoms with van der Waals surface area (Å²) in [6.45, 7) is 3.34. The predicted molar refractivity (Wildman–Crippen MR) is 104 cm³/mol. The van der Waals surface area contributed by atoms with Crippen LogP contribution in [0.5, 0.6) is 0 Å². The number of hydrogen-bond donors (Lipinski definition) is 1. The quantitative estimate of drug-likeness (QED) is 0.567. The number of benzene rings is 1. The maximum absolute atomic E-state index is 14.5. The number of carbonyl (C=O) groups is 1. The largest absolute Gasteiger partial charge is 0.436 e. The summed E-state index contributed by atoms with van der Waals surface area (Å²) in [5, 5.41) is 7.00. The lowest BCUT2D eigenvalue weighted by molar-refractivity contribution is 0.0994. The SMILES string of the molecule is Cc1nc(C)c(C(=O)Nc2ccc(F)c(-c3nc4ncc(N(C)C)cn4n3)c2)o1. The average Bonchev–Trinajstić information content (AvgIpc) is 3.24. The van der Waals surface area contributed by atoms with Crippen LogP contribution >= 0.6 is 0 Å². The molecule has 29 heavy (non-hydrogen) atoms. The van der Waals surface area contributed by atoms with Gasteiger partial charge in [-0.25, -0.2) is 18.9 Å². The highest BCUT2D eigenvalue weighted by atomic mass is 19.1. The third-order valence-electron chi connectivity index (χ3n) is 4.27. The lowest BCUT2D eigenvalue weighted by Crippen LogP contribution is -2.12. The molecule has 9 nitrogen and oxygen atoms in total. The number of fused-ring (bicyclic) bond motifs is 1. The van der Waals surface area contributed by atoms with Crippen LogP contribution in [0.1, 0.15) is 22.1 Å². The van der Waals surface area contributed by atoms with Gasteiger partial charge in [0.25, 0.3) is 11.7 Å². The molecule has 0 saturated heterocycles. The Labute approximate surface area is 165 Å². The van der Waals surface area contributed by atoms with Gasteiger partial charge < -0.3 is 14.6 Å². The first-order valence-corrected chi connectivity index (χ1v) is 8.77. The molecule has 3 heterocycles. The van der Waals surface area contributed by atoms with Gasteiger partial charge in [-0.3, -0.25) is 4.79 Å². The van der Waals surface area contributed by atoms with Gasteiger partial charge in [0.15, 0.2) is 11.7 Å². The highest BCUT2D eigenvalue weighted by Gasteiger charge is 2.18. The van der Waals surface area contributed by atoms with E-state index in [0.29, 0.717) is 23.0 Å². The van der Waals surface area contributed by atoms with Crippen molar-refractivity contribution in [2.45, 2.75) is 13.8 Å². The number of halogens is 1. The van der Waals surface area contributed by atoms with Gasteiger partial charge in [0, 0.05) is 26.7 Å². The minimum absolute atomic E-state index is 0.111. The molecular formula is C19H18FN7O2. The number of carbonyl (C=O) groups excluding carboxylic acids is 1. The summed E-state index contributed by atoms with van der Waals surface area (Å²) in [5.74, 6) is 0.0193. The molecule has 1 amide bonds. The second kappa shape index (κ2) is 6.97. The van der Waals surface area contributed by atoms with Crippen LogP contribution in [-0.2, 0) is 0 Å². The maximum atomic E-state index is 14.5. The van der Waals surface area contributed by atoms with E-state index in [4.69, 9.17) is 4.42 Å². The second-order valence-electron chi connectivity index (χ2n) is 6.68. The number of anilines is 2. The van der Waals surface area contributed by atoms with Gasteiger partial charge in [-0.1, -0.05) is 0 Å². The molecule has 0 aliphatic rings. The van der Waals surface area contributed by atoms with Crippen molar-refractivity contribution >= 4 is 23.1 Å². The Kier molecular flexibility index (Phi) is 4.45. The van der Waals surface area contributed by atoms with Crippen molar-refractivity contribution in [2.24, 2.45) is 0 Å². The Bertz CT molecular complexity index is 1230. The molecule has 10 heteroatoms. The fourth-order valence-corrected chi connectivity index (χ4v) is 2.82. The highest BCUT2D eigenvalue weighted by Crippen LogP contribution is 2.25. The molecule has 0 saturated carbocycles. The molecular weight excluding hydrogens is 377 g/mol. The minimum Gasteiger partial charge on any atom is -0.436 e. The van der Waals surface area contributed by atoms with Crippen molar-refractivity contribution in [3.05, 3.63) is 53.8 Å². The Morgan fingerprint density at radius 1 is 1.24 bits per heavy atom. The molecule has 1 N–H and O–H groups in total. The van der Waals surface area contributed by atoms with E-state index in [9.17, 15) is 9.18 Å². The first kappa shape index (κ1) is 18.5. The predicted octanol–water partition coefficient (Wildman–Crippen LogP) is 2.85. The van der Waals surface area contributed by atoms with Crippen LogP contribution in [0.15, 0.2) is 35.0 Å². The summed E-state index contributed by atoms with van der Waals surface area (Å²) in [6, 6.07) is 4.16. The van der Waals surface area contributed by atoms with Gasteiger partial charge in [0.1, 0.15) is 5.82 Å². The van der Waals surface area contributed by atoms with E-state index in [1.807, 2.05) is 19.0 Å². The van der Waals surface area contributed by atoms with Crippen LogP contribution < -0.4 is 10.2 Å². The van der Waals surface area contributed by atoms with E-state index in [2.05, 4.69) is 25.4 Å².